The molecule has 0 N–H and O–H groups in total. The van der Waals surface area contributed by atoms with Crippen LogP contribution in [-0.4, -0.2) is 0 Å². The quantitative estimate of drug-likeness (QED) is 0.628. The summed E-state index contributed by atoms with van der Waals surface area (Å²) >= 11 is 3.79. The molecule has 1 unspecified atom stereocenters. The van der Waals surface area contributed by atoms with Crippen molar-refractivity contribution in [1.82, 2.24) is 0 Å². The molecule has 1 heterocycles. The lowest BCUT2D eigenvalue weighted by atomic mass is 9.89. The van der Waals surface area contributed by atoms with Crippen LogP contribution < -0.4 is 0 Å². The number of rotatable bonds is 4. The van der Waals surface area contributed by atoms with Crippen molar-refractivity contribution in [3.05, 3.63) is 59.0 Å². The highest BCUT2D eigenvalue weighted by Crippen LogP contribution is 2.37. The summed E-state index contributed by atoms with van der Waals surface area (Å²) in [5, 5.41) is 0. The molecule has 1 atom stereocenters. The van der Waals surface area contributed by atoms with Crippen LogP contribution in [0.25, 0.3) is 0 Å². The van der Waals surface area contributed by atoms with E-state index in [0.29, 0.717) is 11.8 Å². The first-order valence-corrected chi connectivity index (χ1v) is 7.72. The summed E-state index contributed by atoms with van der Waals surface area (Å²) in [6, 6.07) is 8.84. The highest BCUT2D eigenvalue weighted by molar-refractivity contribution is 9.09. The maximum Gasteiger partial charge on any atom is 0.0949 e. The minimum absolute atomic E-state index is 0.199. The maximum absolute atomic E-state index is 5.19. The van der Waals surface area contributed by atoms with Crippen LogP contribution in [0, 0.1) is 0 Å². The van der Waals surface area contributed by atoms with Gasteiger partial charge in [0.25, 0.3) is 0 Å². The maximum atomic E-state index is 5.19. The van der Waals surface area contributed by atoms with Gasteiger partial charge in [-0.05, 0) is 34.6 Å². The number of benzene rings is 1. The third kappa shape index (κ3) is 3.11. The van der Waals surface area contributed by atoms with E-state index in [9.17, 15) is 0 Å². The van der Waals surface area contributed by atoms with Crippen LogP contribution in [0.1, 0.15) is 66.6 Å². The standard InChI is InChI=1S/C17H21BrO/c1-11(2)13-5-6-15(16(9-13)12(3)4)17(18)14-7-8-19-10-14/h5-12,17H,1-4H3. The molecule has 0 aliphatic rings. The van der Waals surface area contributed by atoms with E-state index >= 15 is 0 Å². The SMILES string of the molecule is CC(C)c1ccc(C(Br)c2ccoc2)c(C(C)C)c1. The topological polar surface area (TPSA) is 13.1 Å². The van der Waals surface area contributed by atoms with Crippen molar-refractivity contribution < 1.29 is 4.42 Å². The third-order valence-corrected chi connectivity index (χ3v) is 4.53. The van der Waals surface area contributed by atoms with Crippen molar-refractivity contribution in [1.29, 1.82) is 0 Å². The lowest BCUT2D eigenvalue weighted by Gasteiger charge is -2.19. The van der Waals surface area contributed by atoms with E-state index in [2.05, 4.69) is 61.8 Å². The second-order valence-corrected chi connectivity index (χ2v) is 6.53. The highest BCUT2D eigenvalue weighted by atomic mass is 79.9. The monoisotopic (exact) mass is 320 g/mol. The molecule has 0 saturated heterocycles. The van der Waals surface area contributed by atoms with Gasteiger partial charge < -0.3 is 4.42 Å². The summed E-state index contributed by atoms with van der Waals surface area (Å²) in [5.41, 5.74) is 5.31. The van der Waals surface area contributed by atoms with E-state index in [1.54, 1.807) is 12.5 Å². The molecule has 0 aliphatic heterocycles. The van der Waals surface area contributed by atoms with Crippen molar-refractivity contribution in [2.24, 2.45) is 0 Å². The summed E-state index contributed by atoms with van der Waals surface area (Å²) in [7, 11) is 0. The van der Waals surface area contributed by atoms with Gasteiger partial charge in [-0.25, -0.2) is 0 Å². The first-order valence-electron chi connectivity index (χ1n) is 6.80. The van der Waals surface area contributed by atoms with Crippen LogP contribution in [-0.2, 0) is 0 Å². The molecule has 0 spiro atoms. The van der Waals surface area contributed by atoms with Gasteiger partial charge in [-0.1, -0.05) is 61.8 Å². The van der Waals surface area contributed by atoms with Gasteiger partial charge in [0, 0.05) is 5.56 Å². The summed E-state index contributed by atoms with van der Waals surface area (Å²) in [6.45, 7) is 8.97. The van der Waals surface area contributed by atoms with Crippen molar-refractivity contribution in [3.8, 4) is 0 Å². The Morgan fingerprint density at radius 1 is 0.895 bits per heavy atom. The zero-order chi connectivity index (χ0) is 14.0. The van der Waals surface area contributed by atoms with Crippen LogP contribution in [0.4, 0.5) is 0 Å². The van der Waals surface area contributed by atoms with Crippen LogP contribution in [0.3, 0.4) is 0 Å². The first kappa shape index (κ1) is 14.4. The van der Waals surface area contributed by atoms with E-state index < -0.39 is 0 Å². The summed E-state index contributed by atoms with van der Waals surface area (Å²) in [4.78, 5) is 0.199. The average Bonchev–Trinajstić information content (AvgIpc) is 2.90. The van der Waals surface area contributed by atoms with Gasteiger partial charge in [0.15, 0.2) is 0 Å². The number of hydrogen-bond acceptors (Lipinski definition) is 1. The van der Waals surface area contributed by atoms with Gasteiger partial charge in [0.05, 0.1) is 17.4 Å². The molecular formula is C17H21BrO. The van der Waals surface area contributed by atoms with Gasteiger partial charge in [0.2, 0.25) is 0 Å². The van der Waals surface area contributed by atoms with E-state index in [-0.39, 0.29) is 4.83 Å². The molecule has 0 saturated carbocycles. The molecule has 1 aromatic heterocycles. The third-order valence-electron chi connectivity index (χ3n) is 3.51. The van der Waals surface area contributed by atoms with Gasteiger partial charge in [-0.3, -0.25) is 0 Å². The first-order chi connectivity index (χ1) is 9.00. The Bertz CT molecular complexity index is 526. The Balaban J connectivity index is 2.45. The van der Waals surface area contributed by atoms with Crippen LogP contribution in [0.15, 0.2) is 41.2 Å². The van der Waals surface area contributed by atoms with E-state index in [4.69, 9.17) is 4.42 Å². The lowest BCUT2D eigenvalue weighted by Crippen LogP contribution is -2.02. The fraction of sp³-hybridized carbons (Fsp3) is 0.412. The predicted molar refractivity (Wildman–Crippen MR) is 84.1 cm³/mol. The second-order valence-electron chi connectivity index (χ2n) is 5.62. The Hall–Kier alpha value is -1.02. The van der Waals surface area contributed by atoms with Gasteiger partial charge >= 0.3 is 0 Å². The van der Waals surface area contributed by atoms with Crippen LogP contribution in [0.2, 0.25) is 0 Å². The number of halogens is 1. The number of furan rings is 1. The van der Waals surface area contributed by atoms with Crippen LogP contribution in [0.5, 0.6) is 0 Å². The number of alkyl halides is 1. The van der Waals surface area contributed by atoms with Crippen molar-refractivity contribution in [3.63, 3.8) is 0 Å². The molecule has 19 heavy (non-hydrogen) atoms. The molecule has 2 heteroatoms. The van der Waals surface area contributed by atoms with E-state index in [1.165, 1.54) is 22.3 Å². The van der Waals surface area contributed by atoms with E-state index in [0.717, 1.165) is 0 Å². The van der Waals surface area contributed by atoms with Gasteiger partial charge in [-0.2, -0.15) is 0 Å². The molecule has 0 aliphatic carbocycles. The molecule has 2 aromatic rings. The largest absolute Gasteiger partial charge is 0.472 e. The Morgan fingerprint density at radius 3 is 2.16 bits per heavy atom. The molecule has 1 aromatic carbocycles. The second kappa shape index (κ2) is 5.96. The van der Waals surface area contributed by atoms with Crippen LogP contribution >= 0.6 is 15.9 Å². The van der Waals surface area contributed by atoms with E-state index in [1.807, 2.05) is 6.07 Å². The molecule has 1 nitrogen and oxygen atoms in total. The number of hydrogen-bond donors (Lipinski definition) is 0. The fourth-order valence-electron chi connectivity index (χ4n) is 2.28. The zero-order valence-electron chi connectivity index (χ0n) is 12.0. The average molecular weight is 321 g/mol. The predicted octanol–water partition coefficient (Wildman–Crippen LogP) is 6.01. The Kier molecular flexibility index (Phi) is 4.51. The van der Waals surface area contributed by atoms with Crippen molar-refractivity contribution >= 4 is 15.9 Å². The lowest BCUT2D eigenvalue weighted by molar-refractivity contribution is 0.564. The summed E-state index contributed by atoms with van der Waals surface area (Å²) in [6.07, 6.45) is 3.53. The molecule has 2 rings (SSSR count). The highest BCUT2D eigenvalue weighted by Gasteiger charge is 2.18. The molecule has 0 amide bonds. The minimum atomic E-state index is 0.199. The molecule has 102 valence electrons. The van der Waals surface area contributed by atoms with Crippen molar-refractivity contribution in [2.75, 3.05) is 0 Å². The van der Waals surface area contributed by atoms with Crippen molar-refractivity contribution in [2.45, 2.75) is 44.4 Å². The zero-order valence-corrected chi connectivity index (χ0v) is 13.6. The Morgan fingerprint density at radius 2 is 1.63 bits per heavy atom. The Labute approximate surface area is 124 Å². The molecule has 0 bridgehead atoms. The minimum Gasteiger partial charge on any atom is -0.472 e. The fourth-order valence-corrected chi connectivity index (χ4v) is 2.96. The molecule has 0 fully saturated rings. The van der Waals surface area contributed by atoms with Gasteiger partial charge in [0.1, 0.15) is 0 Å². The molecular weight excluding hydrogens is 300 g/mol. The normalized spacial score (nSPS) is 13.2. The smallest absolute Gasteiger partial charge is 0.0949 e. The summed E-state index contributed by atoms with van der Waals surface area (Å²) < 4.78 is 5.19. The van der Waals surface area contributed by atoms with Gasteiger partial charge in [-0.15, -0.1) is 0 Å². The molecule has 0 radical (unpaired) electrons. The summed E-state index contributed by atoms with van der Waals surface area (Å²) in [5.74, 6) is 1.08.